The number of nitrogen functional groups attached to an aromatic ring is 1. The molecular weight excluding hydrogens is 202 g/mol. The van der Waals surface area contributed by atoms with Crippen molar-refractivity contribution < 1.29 is 4.79 Å². The largest absolute Gasteiger partial charge is 0.399 e. The van der Waals surface area contributed by atoms with Crippen molar-refractivity contribution in [3.05, 3.63) is 24.3 Å². The van der Waals surface area contributed by atoms with E-state index in [1.807, 2.05) is 0 Å². The summed E-state index contributed by atoms with van der Waals surface area (Å²) >= 11 is 0. The van der Waals surface area contributed by atoms with Gasteiger partial charge >= 0.3 is 0 Å². The predicted octanol–water partition coefficient (Wildman–Crippen LogP) is 0.978. The molecular formula is C9H14ClN3O. The average molecular weight is 216 g/mol. The van der Waals surface area contributed by atoms with E-state index >= 15 is 0 Å². The van der Waals surface area contributed by atoms with Crippen molar-refractivity contribution in [3.8, 4) is 0 Å². The number of benzene rings is 1. The minimum Gasteiger partial charge on any atom is -0.399 e. The van der Waals surface area contributed by atoms with Gasteiger partial charge < -0.3 is 16.8 Å². The van der Waals surface area contributed by atoms with E-state index in [0.29, 0.717) is 18.7 Å². The number of nitrogens with one attached hydrogen (secondary N) is 1. The standard InChI is InChI=1S/C9H13N3O.ClH/c10-6-5-9(13)12-8-3-1-7(11)2-4-8;/h1-4H,5-6,10-11H2,(H,12,13);1H. The molecule has 0 saturated carbocycles. The second-order valence-electron chi connectivity index (χ2n) is 2.71. The van der Waals surface area contributed by atoms with Crippen LogP contribution in [0.5, 0.6) is 0 Å². The van der Waals surface area contributed by atoms with Crippen molar-refractivity contribution in [1.82, 2.24) is 0 Å². The number of nitrogens with two attached hydrogens (primary N) is 2. The lowest BCUT2D eigenvalue weighted by molar-refractivity contribution is -0.116. The number of hydrogen-bond donors (Lipinski definition) is 3. The van der Waals surface area contributed by atoms with E-state index in [1.54, 1.807) is 24.3 Å². The molecule has 1 rings (SSSR count). The fraction of sp³-hybridized carbons (Fsp3) is 0.222. The molecule has 0 saturated heterocycles. The lowest BCUT2D eigenvalue weighted by Gasteiger charge is -2.03. The van der Waals surface area contributed by atoms with Crippen LogP contribution in [0.2, 0.25) is 0 Å². The number of carbonyl (C=O) groups is 1. The summed E-state index contributed by atoms with van der Waals surface area (Å²) in [5.74, 6) is -0.0766. The highest BCUT2D eigenvalue weighted by Gasteiger charge is 1.99. The van der Waals surface area contributed by atoms with Crippen LogP contribution >= 0.6 is 12.4 Å². The maximum absolute atomic E-state index is 11.1. The molecule has 4 nitrogen and oxygen atoms in total. The third kappa shape index (κ3) is 4.11. The molecule has 1 aromatic carbocycles. The fourth-order valence-corrected chi connectivity index (χ4v) is 0.921. The lowest BCUT2D eigenvalue weighted by atomic mass is 10.3. The van der Waals surface area contributed by atoms with E-state index in [4.69, 9.17) is 11.5 Å². The van der Waals surface area contributed by atoms with Gasteiger partial charge in [0.25, 0.3) is 0 Å². The molecule has 0 aliphatic carbocycles. The van der Waals surface area contributed by atoms with Crippen LogP contribution in [-0.4, -0.2) is 12.5 Å². The lowest BCUT2D eigenvalue weighted by Crippen LogP contribution is -2.16. The zero-order valence-electron chi connectivity index (χ0n) is 7.69. The van der Waals surface area contributed by atoms with E-state index in [2.05, 4.69) is 5.32 Å². The number of anilines is 2. The first-order chi connectivity index (χ1) is 6.22. The molecule has 0 radical (unpaired) electrons. The van der Waals surface area contributed by atoms with Crippen molar-refractivity contribution in [3.63, 3.8) is 0 Å². The second-order valence-corrected chi connectivity index (χ2v) is 2.71. The molecule has 5 N–H and O–H groups in total. The Morgan fingerprint density at radius 1 is 1.29 bits per heavy atom. The van der Waals surface area contributed by atoms with Crippen molar-refractivity contribution in [2.75, 3.05) is 17.6 Å². The highest BCUT2D eigenvalue weighted by Crippen LogP contribution is 2.10. The number of carbonyl (C=O) groups excluding carboxylic acids is 1. The van der Waals surface area contributed by atoms with Gasteiger partial charge in [-0.3, -0.25) is 4.79 Å². The molecule has 0 fully saturated rings. The van der Waals surface area contributed by atoms with Gasteiger partial charge in [-0.2, -0.15) is 0 Å². The smallest absolute Gasteiger partial charge is 0.225 e. The molecule has 0 aliphatic rings. The third-order valence-corrected chi connectivity index (χ3v) is 1.57. The summed E-state index contributed by atoms with van der Waals surface area (Å²) in [6, 6.07) is 6.98. The maximum atomic E-state index is 11.1. The Morgan fingerprint density at radius 3 is 2.36 bits per heavy atom. The van der Waals surface area contributed by atoms with Crippen molar-refractivity contribution >= 4 is 29.7 Å². The quantitative estimate of drug-likeness (QED) is 0.658. The maximum Gasteiger partial charge on any atom is 0.225 e. The van der Waals surface area contributed by atoms with Gasteiger partial charge in [0, 0.05) is 24.3 Å². The Labute approximate surface area is 89.1 Å². The predicted molar refractivity (Wildman–Crippen MR) is 60.4 cm³/mol. The molecule has 78 valence electrons. The Morgan fingerprint density at radius 2 is 1.86 bits per heavy atom. The minimum absolute atomic E-state index is 0. The normalized spacial score (nSPS) is 8.93. The summed E-state index contributed by atoms with van der Waals surface area (Å²) < 4.78 is 0. The first-order valence-electron chi connectivity index (χ1n) is 4.08. The van der Waals surface area contributed by atoms with Crippen LogP contribution in [0, 0.1) is 0 Å². The van der Waals surface area contributed by atoms with Gasteiger partial charge in [-0.15, -0.1) is 12.4 Å². The molecule has 0 atom stereocenters. The fourth-order valence-electron chi connectivity index (χ4n) is 0.921. The highest BCUT2D eigenvalue weighted by molar-refractivity contribution is 5.90. The first kappa shape index (κ1) is 12.7. The van der Waals surface area contributed by atoms with Crippen LogP contribution in [0.3, 0.4) is 0 Å². The topological polar surface area (TPSA) is 81.1 Å². The summed E-state index contributed by atoms with van der Waals surface area (Å²) in [7, 11) is 0. The minimum atomic E-state index is -0.0766. The van der Waals surface area contributed by atoms with Gasteiger partial charge in [-0.05, 0) is 24.3 Å². The van der Waals surface area contributed by atoms with E-state index in [9.17, 15) is 4.79 Å². The SMILES string of the molecule is Cl.NCCC(=O)Nc1ccc(N)cc1. The van der Waals surface area contributed by atoms with Crippen molar-refractivity contribution in [1.29, 1.82) is 0 Å². The van der Waals surface area contributed by atoms with Gasteiger partial charge in [0.1, 0.15) is 0 Å². The molecule has 5 heteroatoms. The molecule has 0 aromatic heterocycles. The van der Waals surface area contributed by atoms with Gasteiger partial charge in [0.2, 0.25) is 5.91 Å². The summed E-state index contributed by atoms with van der Waals surface area (Å²) in [4.78, 5) is 11.1. The van der Waals surface area contributed by atoms with Crippen molar-refractivity contribution in [2.24, 2.45) is 5.73 Å². The van der Waals surface area contributed by atoms with E-state index in [1.165, 1.54) is 0 Å². The highest BCUT2D eigenvalue weighted by atomic mass is 35.5. The zero-order chi connectivity index (χ0) is 9.68. The van der Waals surface area contributed by atoms with Crippen molar-refractivity contribution in [2.45, 2.75) is 6.42 Å². The molecule has 0 aliphatic heterocycles. The number of amides is 1. The van der Waals surface area contributed by atoms with Gasteiger partial charge in [0.15, 0.2) is 0 Å². The first-order valence-corrected chi connectivity index (χ1v) is 4.08. The van der Waals surface area contributed by atoms with Crippen LogP contribution in [-0.2, 0) is 4.79 Å². The van der Waals surface area contributed by atoms with Gasteiger partial charge in [-0.25, -0.2) is 0 Å². The van der Waals surface area contributed by atoms with Crippen LogP contribution in [0.25, 0.3) is 0 Å². The average Bonchev–Trinajstić information content (AvgIpc) is 2.09. The Kier molecular flexibility index (Phi) is 5.67. The monoisotopic (exact) mass is 215 g/mol. The Hall–Kier alpha value is -1.26. The summed E-state index contributed by atoms with van der Waals surface area (Å²) in [6.45, 7) is 0.362. The molecule has 0 bridgehead atoms. The van der Waals surface area contributed by atoms with E-state index in [-0.39, 0.29) is 18.3 Å². The number of halogens is 1. The summed E-state index contributed by atoms with van der Waals surface area (Å²) in [6.07, 6.45) is 0.338. The van der Waals surface area contributed by atoms with Crippen LogP contribution in [0.4, 0.5) is 11.4 Å². The van der Waals surface area contributed by atoms with Crippen LogP contribution in [0.15, 0.2) is 24.3 Å². The van der Waals surface area contributed by atoms with Gasteiger partial charge in [-0.1, -0.05) is 0 Å². The molecule has 0 unspecified atom stereocenters. The molecule has 1 amide bonds. The molecule has 14 heavy (non-hydrogen) atoms. The van der Waals surface area contributed by atoms with E-state index < -0.39 is 0 Å². The summed E-state index contributed by atoms with van der Waals surface area (Å²) in [5, 5.41) is 2.70. The van der Waals surface area contributed by atoms with Crippen LogP contribution in [0.1, 0.15) is 6.42 Å². The Balaban J connectivity index is 0.00000169. The molecule has 0 heterocycles. The number of rotatable bonds is 3. The summed E-state index contributed by atoms with van der Waals surface area (Å²) in [5.41, 5.74) is 12.1. The second kappa shape index (κ2) is 6.23. The van der Waals surface area contributed by atoms with Crippen LogP contribution < -0.4 is 16.8 Å². The zero-order valence-corrected chi connectivity index (χ0v) is 8.51. The molecule has 1 aromatic rings. The molecule has 0 spiro atoms. The number of hydrogen-bond acceptors (Lipinski definition) is 3. The Bertz CT molecular complexity index is 287. The van der Waals surface area contributed by atoms with Gasteiger partial charge in [0.05, 0.1) is 0 Å². The van der Waals surface area contributed by atoms with E-state index in [0.717, 1.165) is 5.69 Å². The third-order valence-electron chi connectivity index (χ3n) is 1.57.